The lowest BCUT2D eigenvalue weighted by Gasteiger charge is -2.05. The minimum Gasteiger partial charge on any atom is -0.427 e. The molecule has 5 heteroatoms. The number of benzene rings is 2. The SMILES string of the molecule is [C-]#[N+]c1ccc(OC(=O)c2ccc(OC(C)=O)cc2)cc1. The number of carbonyl (C=O) groups excluding carboxylic acids is 2. The van der Waals surface area contributed by atoms with Gasteiger partial charge in [0, 0.05) is 6.92 Å². The van der Waals surface area contributed by atoms with E-state index in [4.69, 9.17) is 16.0 Å². The van der Waals surface area contributed by atoms with Crippen LogP contribution in [0, 0.1) is 6.57 Å². The second kappa shape index (κ2) is 6.35. The van der Waals surface area contributed by atoms with Gasteiger partial charge in [-0.2, -0.15) is 0 Å². The number of ether oxygens (including phenoxy) is 2. The average Bonchev–Trinajstić information content (AvgIpc) is 2.48. The lowest BCUT2D eigenvalue weighted by Crippen LogP contribution is -2.08. The molecule has 0 heterocycles. The van der Waals surface area contributed by atoms with Crippen molar-refractivity contribution >= 4 is 17.6 Å². The van der Waals surface area contributed by atoms with Crippen molar-refractivity contribution in [2.45, 2.75) is 6.92 Å². The molecule has 0 radical (unpaired) electrons. The monoisotopic (exact) mass is 281 g/mol. The summed E-state index contributed by atoms with van der Waals surface area (Å²) in [5, 5.41) is 0. The third kappa shape index (κ3) is 3.91. The predicted molar refractivity (Wildman–Crippen MR) is 75.4 cm³/mol. The van der Waals surface area contributed by atoms with Crippen molar-refractivity contribution in [3.63, 3.8) is 0 Å². The van der Waals surface area contributed by atoms with Crippen molar-refractivity contribution in [3.8, 4) is 11.5 Å². The number of carbonyl (C=O) groups is 2. The van der Waals surface area contributed by atoms with Gasteiger partial charge in [0.1, 0.15) is 11.5 Å². The fourth-order valence-electron chi connectivity index (χ4n) is 1.58. The van der Waals surface area contributed by atoms with Crippen molar-refractivity contribution < 1.29 is 19.1 Å². The normalized spacial score (nSPS) is 9.52. The molecule has 0 fully saturated rings. The van der Waals surface area contributed by atoms with Crippen LogP contribution in [0.2, 0.25) is 0 Å². The van der Waals surface area contributed by atoms with Crippen molar-refractivity contribution in [2.24, 2.45) is 0 Å². The third-order valence-electron chi connectivity index (χ3n) is 2.53. The third-order valence-corrected chi connectivity index (χ3v) is 2.53. The highest BCUT2D eigenvalue weighted by atomic mass is 16.5. The van der Waals surface area contributed by atoms with E-state index in [0.717, 1.165) is 0 Å². The molecular weight excluding hydrogens is 270 g/mol. The maximum atomic E-state index is 11.9. The van der Waals surface area contributed by atoms with Crippen LogP contribution in [-0.2, 0) is 4.79 Å². The van der Waals surface area contributed by atoms with Crippen LogP contribution in [0.5, 0.6) is 11.5 Å². The van der Waals surface area contributed by atoms with Crippen LogP contribution < -0.4 is 9.47 Å². The number of rotatable bonds is 3. The van der Waals surface area contributed by atoms with E-state index in [1.54, 1.807) is 24.3 Å². The van der Waals surface area contributed by atoms with Gasteiger partial charge in [0.15, 0.2) is 5.69 Å². The van der Waals surface area contributed by atoms with E-state index in [0.29, 0.717) is 22.7 Å². The van der Waals surface area contributed by atoms with Crippen molar-refractivity contribution in [1.29, 1.82) is 0 Å². The summed E-state index contributed by atoms with van der Waals surface area (Å²) in [4.78, 5) is 26.0. The zero-order valence-electron chi connectivity index (χ0n) is 11.2. The number of hydrogen-bond donors (Lipinski definition) is 0. The van der Waals surface area contributed by atoms with Crippen LogP contribution in [0.1, 0.15) is 17.3 Å². The molecule has 0 saturated carbocycles. The van der Waals surface area contributed by atoms with Gasteiger partial charge in [-0.25, -0.2) is 9.64 Å². The number of nitrogens with zero attached hydrogens (tertiary/aromatic N) is 1. The summed E-state index contributed by atoms with van der Waals surface area (Å²) in [5.74, 6) is -0.234. The first-order valence-electron chi connectivity index (χ1n) is 6.06. The molecule has 0 amide bonds. The fraction of sp³-hybridized carbons (Fsp3) is 0.0625. The molecule has 2 rings (SSSR count). The van der Waals surface area contributed by atoms with Gasteiger partial charge in [-0.1, -0.05) is 12.1 Å². The molecule has 0 aliphatic carbocycles. The molecule has 0 aliphatic rings. The minimum absolute atomic E-state index is 0.333. The van der Waals surface area contributed by atoms with Gasteiger partial charge in [-0.05, 0) is 36.4 Å². The molecular formula is C16H11NO4. The Labute approximate surface area is 121 Å². The van der Waals surface area contributed by atoms with Gasteiger partial charge in [-0.15, -0.1) is 0 Å². The largest absolute Gasteiger partial charge is 0.427 e. The van der Waals surface area contributed by atoms with E-state index in [-0.39, 0.29) is 0 Å². The highest BCUT2D eigenvalue weighted by Gasteiger charge is 2.09. The van der Waals surface area contributed by atoms with Gasteiger partial charge < -0.3 is 9.47 Å². The summed E-state index contributed by atoms with van der Waals surface area (Å²) in [7, 11) is 0. The van der Waals surface area contributed by atoms with Crippen LogP contribution in [-0.4, -0.2) is 11.9 Å². The van der Waals surface area contributed by atoms with Gasteiger partial charge in [0.25, 0.3) is 0 Å². The molecule has 2 aromatic rings. The minimum atomic E-state index is -0.528. The van der Waals surface area contributed by atoms with Gasteiger partial charge in [-0.3, -0.25) is 4.79 Å². The summed E-state index contributed by atoms with van der Waals surface area (Å²) in [6, 6.07) is 12.3. The molecule has 0 atom stereocenters. The second-order valence-electron chi connectivity index (χ2n) is 4.11. The molecule has 2 aromatic carbocycles. The standard InChI is InChI=1S/C16H11NO4/c1-11(18)20-14-7-3-12(4-8-14)16(19)21-15-9-5-13(17-2)6-10-15/h3-10H,1H3. The topological polar surface area (TPSA) is 57.0 Å². The molecule has 5 nitrogen and oxygen atoms in total. The van der Waals surface area contributed by atoms with Crippen molar-refractivity contribution in [1.82, 2.24) is 0 Å². The molecule has 0 bridgehead atoms. The van der Waals surface area contributed by atoms with Gasteiger partial charge >= 0.3 is 11.9 Å². The summed E-state index contributed by atoms with van der Waals surface area (Å²) in [5.41, 5.74) is 0.806. The van der Waals surface area contributed by atoms with E-state index in [1.807, 2.05) is 0 Å². The first-order valence-corrected chi connectivity index (χ1v) is 6.06. The Kier molecular flexibility index (Phi) is 4.32. The van der Waals surface area contributed by atoms with Crippen LogP contribution >= 0.6 is 0 Å². The van der Waals surface area contributed by atoms with Crippen LogP contribution in [0.3, 0.4) is 0 Å². The Hall–Kier alpha value is -3.13. The highest BCUT2D eigenvalue weighted by molar-refractivity contribution is 5.91. The second-order valence-corrected chi connectivity index (χ2v) is 4.11. The molecule has 21 heavy (non-hydrogen) atoms. The smallest absolute Gasteiger partial charge is 0.343 e. The molecule has 0 spiro atoms. The van der Waals surface area contributed by atoms with E-state index in [2.05, 4.69) is 4.85 Å². The van der Waals surface area contributed by atoms with Crippen LogP contribution in [0.4, 0.5) is 5.69 Å². The summed E-state index contributed by atoms with van der Waals surface area (Å²) < 4.78 is 10.0. The fourth-order valence-corrected chi connectivity index (χ4v) is 1.58. The maximum Gasteiger partial charge on any atom is 0.343 e. The Morgan fingerprint density at radius 2 is 1.43 bits per heavy atom. The number of esters is 2. The molecule has 104 valence electrons. The summed E-state index contributed by atoms with van der Waals surface area (Å²) in [6.45, 7) is 8.14. The Morgan fingerprint density at radius 3 is 1.95 bits per heavy atom. The van der Waals surface area contributed by atoms with Crippen molar-refractivity contribution in [2.75, 3.05) is 0 Å². The lowest BCUT2D eigenvalue weighted by molar-refractivity contribution is -0.131. The lowest BCUT2D eigenvalue weighted by atomic mass is 10.2. The van der Waals surface area contributed by atoms with E-state index in [1.165, 1.54) is 31.2 Å². The summed E-state index contributed by atoms with van der Waals surface area (Å²) in [6.07, 6.45) is 0. The van der Waals surface area contributed by atoms with Crippen LogP contribution in [0.25, 0.3) is 4.85 Å². The quantitative estimate of drug-likeness (QED) is 0.491. The van der Waals surface area contributed by atoms with E-state index < -0.39 is 11.9 Å². The average molecular weight is 281 g/mol. The van der Waals surface area contributed by atoms with Crippen LogP contribution in [0.15, 0.2) is 48.5 Å². The molecule has 0 unspecified atom stereocenters. The molecule has 0 saturated heterocycles. The molecule has 0 aromatic heterocycles. The van der Waals surface area contributed by atoms with E-state index in [9.17, 15) is 9.59 Å². The van der Waals surface area contributed by atoms with E-state index >= 15 is 0 Å². The number of hydrogen-bond acceptors (Lipinski definition) is 4. The maximum absolute atomic E-state index is 11.9. The Balaban J connectivity index is 2.05. The van der Waals surface area contributed by atoms with Gasteiger partial charge in [0.05, 0.1) is 12.1 Å². The zero-order valence-corrected chi connectivity index (χ0v) is 11.2. The van der Waals surface area contributed by atoms with Crippen molar-refractivity contribution in [3.05, 3.63) is 65.5 Å². The zero-order chi connectivity index (χ0) is 15.2. The molecule has 0 aliphatic heterocycles. The highest BCUT2D eigenvalue weighted by Crippen LogP contribution is 2.19. The first-order chi connectivity index (χ1) is 10.1. The predicted octanol–water partition coefficient (Wildman–Crippen LogP) is 3.38. The summed E-state index contributed by atoms with van der Waals surface area (Å²) >= 11 is 0. The Morgan fingerprint density at radius 1 is 0.905 bits per heavy atom. The first kappa shape index (κ1) is 14.3. The Bertz CT molecular complexity index is 697. The molecule has 0 N–H and O–H groups in total. The van der Waals surface area contributed by atoms with Gasteiger partial charge in [0.2, 0.25) is 0 Å².